The summed E-state index contributed by atoms with van der Waals surface area (Å²) in [6, 6.07) is 6.56. The summed E-state index contributed by atoms with van der Waals surface area (Å²) in [7, 11) is 0. The molecular formula is C10H7ClN2O2. The predicted octanol–water partition coefficient (Wildman–Crippen LogP) is 1.11. The molecule has 0 spiro atoms. The van der Waals surface area contributed by atoms with Crippen molar-refractivity contribution in [2.24, 2.45) is 4.99 Å². The van der Waals surface area contributed by atoms with Gasteiger partial charge in [0, 0.05) is 5.02 Å². The summed E-state index contributed by atoms with van der Waals surface area (Å²) in [6.07, 6.45) is 1.11. The largest absolute Gasteiger partial charge is 0.316 e. The van der Waals surface area contributed by atoms with Crippen LogP contribution in [0.25, 0.3) is 0 Å². The molecule has 0 fully saturated rings. The lowest BCUT2D eigenvalue weighted by Gasteiger charge is -2.15. The van der Waals surface area contributed by atoms with Crippen molar-refractivity contribution in [2.45, 2.75) is 5.92 Å². The minimum atomic E-state index is -0.854. The Hall–Kier alpha value is -1.68. The first kappa shape index (κ1) is 9.86. The van der Waals surface area contributed by atoms with Crippen LogP contribution in [-0.4, -0.2) is 18.2 Å². The molecule has 15 heavy (non-hydrogen) atoms. The van der Waals surface area contributed by atoms with Crippen molar-refractivity contribution in [3.05, 3.63) is 34.9 Å². The molecule has 2 amide bonds. The van der Waals surface area contributed by atoms with E-state index in [1.165, 1.54) is 0 Å². The number of aliphatic imine (C=N–C) groups is 1. The summed E-state index contributed by atoms with van der Waals surface area (Å²) in [5.41, 5.74) is 0.596. The molecule has 5 heteroatoms. The molecule has 1 heterocycles. The maximum atomic E-state index is 11.4. The van der Waals surface area contributed by atoms with Gasteiger partial charge in [-0.05, 0) is 17.7 Å². The fourth-order valence-corrected chi connectivity index (χ4v) is 1.50. The maximum absolute atomic E-state index is 11.4. The Morgan fingerprint density at radius 2 is 1.87 bits per heavy atom. The summed E-state index contributed by atoms with van der Waals surface area (Å²) in [5.74, 6) is -1.68. The van der Waals surface area contributed by atoms with Crippen molar-refractivity contribution in [1.29, 1.82) is 0 Å². The molecule has 4 nitrogen and oxygen atoms in total. The Kier molecular flexibility index (Phi) is 2.51. The van der Waals surface area contributed by atoms with E-state index >= 15 is 0 Å². The van der Waals surface area contributed by atoms with Gasteiger partial charge in [0.05, 0.1) is 6.34 Å². The highest BCUT2D eigenvalue weighted by Crippen LogP contribution is 2.21. The summed E-state index contributed by atoms with van der Waals surface area (Å²) >= 11 is 5.71. The Labute approximate surface area is 91.0 Å². The first-order chi connectivity index (χ1) is 7.18. The second-order valence-electron chi connectivity index (χ2n) is 3.09. The molecule has 1 aromatic rings. The first-order valence-corrected chi connectivity index (χ1v) is 4.68. The number of hydrogen-bond acceptors (Lipinski definition) is 2. The monoisotopic (exact) mass is 222 g/mol. The van der Waals surface area contributed by atoms with Gasteiger partial charge in [0.25, 0.3) is 5.91 Å². The van der Waals surface area contributed by atoms with Crippen molar-refractivity contribution in [3.63, 3.8) is 0 Å². The number of nitrogens with one attached hydrogen (secondary N) is 1. The molecule has 2 rings (SSSR count). The van der Waals surface area contributed by atoms with Crippen LogP contribution < -0.4 is 5.32 Å². The number of amides is 2. The van der Waals surface area contributed by atoms with Crippen molar-refractivity contribution in [2.75, 3.05) is 0 Å². The van der Waals surface area contributed by atoms with E-state index in [1.807, 2.05) is 0 Å². The normalized spacial score (nSPS) is 20.2. The van der Waals surface area contributed by atoms with E-state index in [0.717, 1.165) is 6.34 Å². The minimum absolute atomic E-state index is 0.364. The Bertz CT molecular complexity index is 439. The summed E-state index contributed by atoms with van der Waals surface area (Å²) in [5, 5.41) is 2.95. The van der Waals surface area contributed by atoms with Gasteiger partial charge in [-0.1, -0.05) is 23.7 Å². The molecular weight excluding hydrogens is 216 g/mol. The Morgan fingerprint density at radius 3 is 2.47 bits per heavy atom. The molecule has 0 bridgehead atoms. The molecule has 1 aromatic carbocycles. The van der Waals surface area contributed by atoms with Crippen molar-refractivity contribution in [3.8, 4) is 0 Å². The third kappa shape index (κ3) is 1.89. The molecule has 0 aliphatic carbocycles. The molecule has 1 N–H and O–H groups in total. The van der Waals surface area contributed by atoms with E-state index in [2.05, 4.69) is 10.3 Å². The number of nitrogens with zero attached hydrogens (tertiary/aromatic N) is 1. The van der Waals surface area contributed by atoms with Crippen LogP contribution in [-0.2, 0) is 9.59 Å². The van der Waals surface area contributed by atoms with Gasteiger partial charge in [0.15, 0.2) is 0 Å². The fraction of sp³-hybridized carbons (Fsp3) is 0.100. The predicted molar refractivity (Wildman–Crippen MR) is 55.8 cm³/mol. The molecule has 1 aliphatic rings. The van der Waals surface area contributed by atoms with E-state index in [9.17, 15) is 9.59 Å². The zero-order chi connectivity index (χ0) is 10.8. The topological polar surface area (TPSA) is 58.5 Å². The number of carbonyl (C=O) groups excluding carboxylic acids is 2. The zero-order valence-corrected chi connectivity index (χ0v) is 8.36. The van der Waals surface area contributed by atoms with Gasteiger partial charge in [-0.25, -0.2) is 4.99 Å². The Balaban J connectivity index is 2.37. The lowest BCUT2D eigenvalue weighted by atomic mass is 9.97. The van der Waals surface area contributed by atoms with Crippen LogP contribution in [0.2, 0.25) is 5.02 Å². The van der Waals surface area contributed by atoms with Crippen LogP contribution in [0.4, 0.5) is 0 Å². The fourth-order valence-electron chi connectivity index (χ4n) is 1.38. The van der Waals surface area contributed by atoms with Crippen LogP contribution in [0.1, 0.15) is 11.5 Å². The van der Waals surface area contributed by atoms with Gasteiger partial charge in [0.2, 0.25) is 5.91 Å². The molecule has 0 saturated carbocycles. The van der Waals surface area contributed by atoms with Gasteiger partial charge in [-0.15, -0.1) is 0 Å². The average molecular weight is 223 g/mol. The molecule has 0 radical (unpaired) electrons. The molecule has 0 saturated heterocycles. The lowest BCUT2D eigenvalue weighted by Crippen LogP contribution is -2.36. The Morgan fingerprint density at radius 1 is 1.20 bits per heavy atom. The van der Waals surface area contributed by atoms with E-state index < -0.39 is 11.8 Å². The number of carbonyl (C=O) groups is 2. The van der Waals surface area contributed by atoms with Crippen LogP contribution in [0.15, 0.2) is 29.3 Å². The lowest BCUT2D eigenvalue weighted by molar-refractivity contribution is -0.129. The molecule has 1 atom stereocenters. The standard InChI is InChI=1S/C10H7ClN2O2/c11-7-3-1-6(2-4-7)8-9(14)12-5-13-10(8)15/h1-5,8H,(H,12,13,14,15). The van der Waals surface area contributed by atoms with Gasteiger partial charge < -0.3 is 5.32 Å². The van der Waals surface area contributed by atoms with E-state index in [-0.39, 0.29) is 5.91 Å². The van der Waals surface area contributed by atoms with Crippen LogP contribution in [0.5, 0.6) is 0 Å². The number of halogens is 1. The van der Waals surface area contributed by atoms with Gasteiger partial charge in [-0.2, -0.15) is 0 Å². The molecule has 76 valence electrons. The molecule has 0 aromatic heterocycles. The first-order valence-electron chi connectivity index (χ1n) is 4.31. The quantitative estimate of drug-likeness (QED) is 0.724. The minimum Gasteiger partial charge on any atom is -0.316 e. The van der Waals surface area contributed by atoms with Crippen LogP contribution >= 0.6 is 11.6 Å². The van der Waals surface area contributed by atoms with Crippen molar-refractivity contribution < 1.29 is 9.59 Å². The highest BCUT2D eigenvalue weighted by atomic mass is 35.5. The second-order valence-corrected chi connectivity index (χ2v) is 3.53. The SMILES string of the molecule is O=C1N=CNC(=O)C1c1ccc(Cl)cc1. The second kappa shape index (κ2) is 3.82. The maximum Gasteiger partial charge on any atom is 0.264 e. The molecule has 1 aliphatic heterocycles. The highest BCUT2D eigenvalue weighted by molar-refractivity contribution is 6.30. The highest BCUT2D eigenvalue weighted by Gasteiger charge is 2.30. The van der Waals surface area contributed by atoms with Gasteiger partial charge in [0.1, 0.15) is 5.92 Å². The van der Waals surface area contributed by atoms with Crippen molar-refractivity contribution >= 4 is 29.8 Å². The van der Waals surface area contributed by atoms with Crippen molar-refractivity contribution in [1.82, 2.24) is 5.32 Å². The number of benzene rings is 1. The molecule has 1 unspecified atom stereocenters. The smallest absolute Gasteiger partial charge is 0.264 e. The third-order valence-electron chi connectivity index (χ3n) is 2.11. The van der Waals surface area contributed by atoms with Crippen LogP contribution in [0, 0.1) is 0 Å². The zero-order valence-electron chi connectivity index (χ0n) is 7.61. The number of hydrogen-bond donors (Lipinski definition) is 1. The summed E-state index contributed by atoms with van der Waals surface area (Å²) in [4.78, 5) is 26.4. The summed E-state index contributed by atoms with van der Waals surface area (Å²) < 4.78 is 0. The van der Waals surface area contributed by atoms with E-state index in [1.54, 1.807) is 24.3 Å². The average Bonchev–Trinajstić information content (AvgIpc) is 2.20. The van der Waals surface area contributed by atoms with Gasteiger partial charge in [-0.3, -0.25) is 9.59 Å². The number of rotatable bonds is 1. The van der Waals surface area contributed by atoms with Gasteiger partial charge >= 0.3 is 0 Å². The van der Waals surface area contributed by atoms with E-state index in [4.69, 9.17) is 11.6 Å². The van der Waals surface area contributed by atoms with Crippen LogP contribution in [0.3, 0.4) is 0 Å². The summed E-state index contributed by atoms with van der Waals surface area (Å²) in [6.45, 7) is 0. The third-order valence-corrected chi connectivity index (χ3v) is 2.36. The van der Waals surface area contributed by atoms with E-state index in [0.29, 0.717) is 10.6 Å².